The fourth-order valence-electron chi connectivity index (χ4n) is 2.95. The van der Waals surface area contributed by atoms with Gasteiger partial charge in [-0.15, -0.1) is 0 Å². The van der Waals surface area contributed by atoms with Gasteiger partial charge in [0, 0.05) is 25.7 Å². The Morgan fingerprint density at radius 3 is 2.72 bits per heavy atom. The molecule has 0 saturated carbocycles. The van der Waals surface area contributed by atoms with E-state index in [1.165, 1.54) is 5.56 Å². The second-order valence-corrected chi connectivity index (χ2v) is 6.15. The largest absolute Gasteiger partial charge is 0.445 e. The summed E-state index contributed by atoms with van der Waals surface area (Å²) in [6, 6.07) is 15.7. The lowest BCUT2D eigenvalue weighted by Gasteiger charge is -2.26. The number of nitrogens with zero attached hydrogens (tertiary/aromatic N) is 1. The zero-order chi connectivity index (χ0) is 17.6. The molecule has 0 saturated heterocycles. The Hall–Kier alpha value is -2.82. The van der Waals surface area contributed by atoms with Gasteiger partial charge < -0.3 is 15.0 Å². The van der Waals surface area contributed by atoms with Crippen LogP contribution in [0.1, 0.15) is 23.1 Å². The van der Waals surface area contributed by atoms with E-state index < -0.39 is 6.09 Å². The zero-order valence-corrected chi connectivity index (χ0v) is 14.3. The Balaban J connectivity index is 1.46. The van der Waals surface area contributed by atoms with E-state index in [1.54, 1.807) is 4.90 Å². The van der Waals surface area contributed by atoms with Crippen LogP contribution in [-0.4, -0.2) is 25.6 Å². The van der Waals surface area contributed by atoms with Crippen molar-refractivity contribution in [2.75, 3.05) is 18.5 Å². The first-order valence-corrected chi connectivity index (χ1v) is 8.46. The molecule has 0 aromatic heterocycles. The highest BCUT2D eigenvalue weighted by atomic mass is 16.5. The Bertz CT molecular complexity index is 759. The molecule has 0 radical (unpaired) electrons. The van der Waals surface area contributed by atoms with E-state index in [-0.39, 0.29) is 12.5 Å². The molecule has 0 unspecified atom stereocenters. The maximum atomic E-state index is 11.7. The van der Waals surface area contributed by atoms with Crippen LogP contribution in [0.3, 0.4) is 0 Å². The average Bonchev–Trinajstić information content (AvgIpc) is 2.64. The van der Waals surface area contributed by atoms with Crippen LogP contribution in [0.4, 0.5) is 10.5 Å². The molecule has 0 atom stereocenters. The van der Waals surface area contributed by atoms with E-state index in [9.17, 15) is 9.59 Å². The molecule has 0 aliphatic carbocycles. The molecule has 0 spiro atoms. The smallest absolute Gasteiger partial charge is 0.407 e. The Labute approximate surface area is 147 Å². The second-order valence-electron chi connectivity index (χ2n) is 6.15. The van der Waals surface area contributed by atoms with Gasteiger partial charge in [0.2, 0.25) is 5.91 Å². The van der Waals surface area contributed by atoms with Crippen LogP contribution in [0.5, 0.6) is 0 Å². The second kappa shape index (κ2) is 7.83. The minimum Gasteiger partial charge on any atom is -0.445 e. The lowest BCUT2D eigenvalue weighted by molar-refractivity contribution is -0.118. The third kappa shape index (κ3) is 4.38. The molecule has 5 nitrogen and oxygen atoms in total. The maximum Gasteiger partial charge on any atom is 0.407 e. The van der Waals surface area contributed by atoms with Gasteiger partial charge in [-0.05, 0) is 35.6 Å². The van der Waals surface area contributed by atoms with Gasteiger partial charge in [-0.3, -0.25) is 4.79 Å². The predicted molar refractivity (Wildman–Crippen MR) is 96.5 cm³/mol. The van der Waals surface area contributed by atoms with Crippen LogP contribution in [0.15, 0.2) is 48.5 Å². The first-order valence-electron chi connectivity index (χ1n) is 8.46. The molecule has 3 rings (SSSR count). The standard InChI is InChI=1S/C20H22N2O3/c1-22-18-9-7-15(13-17(18)8-10-19(22)23)11-12-21-20(24)25-14-16-5-3-2-4-6-16/h2-7,9,13H,8,10-12,14H2,1H3,(H,21,24). The minimum atomic E-state index is -0.410. The summed E-state index contributed by atoms with van der Waals surface area (Å²) in [6.07, 6.45) is 1.65. The number of fused-ring (bicyclic) bond motifs is 1. The van der Waals surface area contributed by atoms with Crippen molar-refractivity contribution in [3.05, 3.63) is 65.2 Å². The Kier molecular flexibility index (Phi) is 5.33. The molecule has 0 bridgehead atoms. The number of aryl methyl sites for hydroxylation is 1. The summed E-state index contributed by atoms with van der Waals surface area (Å²) >= 11 is 0. The zero-order valence-electron chi connectivity index (χ0n) is 14.3. The molecule has 5 heteroatoms. The van der Waals surface area contributed by atoms with E-state index in [0.717, 1.165) is 29.7 Å². The minimum absolute atomic E-state index is 0.156. The molecule has 1 aliphatic rings. The third-order valence-electron chi connectivity index (χ3n) is 4.38. The van der Waals surface area contributed by atoms with Gasteiger partial charge in [-0.25, -0.2) is 4.79 Å². The number of carbonyl (C=O) groups is 2. The maximum absolute atomic E-state index is 11.7. The third-order valence-corrected chi connectivity index (χ3v) is 4.38. The van der Waals surface area contributed by atoms with Crippen molar-refractivity contribution in [1.82, 2.24) is 5.32 Å². The molecule has 1 aliphatic heterocycles. The predicted octanol–water partition coefficient (Wildman–Crippen LogP) is 3.06. The van der Waals surface area contributed by atoms with Gasteiger partial charge in [0.15, 0.2) is 0 Å². The van der Waals surface area contributed by atoms with Gasteiger partial charge in [0.05, 0.1) is 0 Å². The number of anilines is 1. The number of hydrogen-bond acceptors (Lipinski definition) is 3. The van der Waals surface area contributed by atoms with E-state index in [2.05, 4.69) is 11.4 Å². The van der Waals surface area contributed by atoms with Gasteiger partial charge in [-0.1, -0.05) is 42.5 Å². The molecular formula is C20H22N2O3. The Morgan fingerprint density at radius 1 is 1.12 bits per heavy atom. The van der Waals surface area contributed by atoms with Crippen LogP contribution in [0.25, 0.3) is 0 Å². The van der Waals surface area contributed by atoms with Gasteiger partial charge in [0.25, 0.3) is 0 Å². The molecule has 0 fully saturated rings. The van der Waals surface area contributed by atoms with Crippen molar-refractivity contribution in [1.29, 1.82) is 0 Å². The molecule has 1 N–H and O–H groups in total. The van der Waals surface area contributed by atoms with E-state index in [0.29, 0.717) is 13.0 Å². The van der Waals surface area contributed by atoms with Gasteiger partial charge in [-0.2, -0.15) is 0 Å². The van der Waals surface area contributed by atoms with Crippen molar-refractivity contribution in [3.63, 3.8) is 0 Å². The van der Waals surface area contributed by atoms with Crippen LogP contribution >= 0.6 is 0 Å². The van der Waals surface area contributed by atoms with Gasteiger partial charge >= 0.3 is 6.09 Å². The first-order chi connectivity index (χ1) is 12.1. The Morgan fingerprint density at radius 2 is 1.92 bits per heavy atom. The van der Waals surface area contributed by atoms with Crippen LogP contribution in [0, 0.1) is 0 Å². The van der Waals surface area contributed by atoms with Crippen molar-refractivity contribution >= 4 is 17.7 Å². The number of rotatable bonds is 5. The van der Waals surface area contributed by atoms with Gasteiger partial charge in [0.1, 0.15) is 6.61 Å². The summed E-state index contributed by atoms with van der Waals surface area (Å²) in [6.45, 7) is 0.785. The fraction of sp³-hybridized carbons (Fsp3) is 0.300. The molecule has 2 aromatic carbocycles. The van der Waals surface area contributed by atoms with Crippen molar-refractivity contribution in [2.24, 2.45) is 0 Å². The summed E-state index contributed by atoms with van der Waals surface area (Å²) in [5.41, 5.74) is 4.28. The molecular weight excluding hydrogens is 316 g/mol. The lowest BCUT2D eigenvalue weighted by Crippen LogP contribution is -2.31. The number of nitrogens with one attached hydrogen (secondary N) is 1. The number of ether oxygens (including phenoxy) is 1. The van der Waals surface area contributed by atoms with Crippen molar-refractivity contribution in [3.8, 4) is 0 Å². The fourth-order valence-corrected chi connectivity index (χ4v) is 2.95. The molecule has 130 valence electrons. The summed E-state index contributed by atoms with van der Waals surface area (Å²) in [5.74, 6) is 0.156. The van der Waals surface area contributed by atoms with E-state index in [1.807, 2.05) is 49.5 Å². The van der Waals surface area contributed by atoms with Crippen molar-refractivity contribution < 1.29 is 14.3 Å². The summed E-state index contributed by atoms with van der Waals surface area (Å²) in [7, 11) is 1.81. The topological polar surface area (TPSA) is 58.6 Å². The highest BCUT2D eigenvalue weighted by molar-refractivity contribution is 5.95. The van der Waals surface area contributed by atoms with E-state index >= 15 is 0 Å². The average molecular weight is 338 g/mol. The molecule has 1 heterocycles. The summed E-state index contributed by atoms with van der Waals surface area (Å²) in [4.78, 5) is 25.2. The normalized spacial score (nSPS) is 13.3. The van der Waals surface area contributed by atoms with Crippen LogP contribution < -0.4 is 10.2 Å². The number of carbonyl (C=O) groups excluding carboxylic acids is 2. The molecule has 2 amide bonds. The SMILES string of the molecule is CN1C(=O)CCc2cc(CCNC(=O)OCc3ccccc3)ccc21. The highest BCUT2D eigenvalue weighted by Crippen LogP contribution is 2.27. The number of benzene rings is 2. The monoisotopic (exact) mass is 338 g/mol. The number of hydrogen-bond donors (Lipinski definition) is 1. The number of amides is 2. The number of alkyl carbamates (subject to hydrolysis) is 1. The molecule has 25 heavy (non-hydrogen) atoms. The highest BCUT2D eigenvalue weighted by Gasteiger charge is 2.20. The first kappa shape index (κ1) is 17.0. The summed E-state index contributed by atoms with van der Waals surface area (Å²) in [5, 5.41) is 2.77. The van der Waals surface area contributed by atoms with E-state index in [4.69, 9.17) is 4.74 Å². The van der Waals surface area contributed by atoms with Crippen molar-refractivity contribution in [2.45, 2.75) is 25.9 Å². The van der Waals surface area contributed by atoms with Crippen LogP contribution in [0.2, 0.25) is 0 Å². The molecule has 2 aromatic rings. The lowest BCUT2D eigenvalue weighted by atomic mass is 9.98. The summed E-state index contributed by atoms with van der Waals surface area (Å²) < 4.78 is 5.19. The van der Waals surface area contributed by atoms with Crippen LogP contribution in [-0.2, 0) is 29.0 Å². The quantitative estimate of drug-likeness (QED) is 0.911.